The molecule has 0 saturated heterocycles. The second-order valence-electron chi connectivity index (χ2n) is 4.38. The normalized spacial score (nSPS) is 15.3. The molecule has 0 heterocycles. The Labute approximate surface area is 94.3 Å². The summed E-state index contributed by atoms with van der Waals surface area (Å²) in [6.07, 6.45) is 3.03. The Hall–Kier alpha value is -0.380. The Morgan fingerprint density at radius 3 is 2.60 bits per heavy atom. The largest absolute Gasteiger partial charge is 0.383 e. The van der Waals surface area contributed by atoms with E-state index in [0.717, 1.165) is 39.2 Å². The average molecular weight is 214 g/mol. The summed E-state index contributed by atoms with van der Waals surface area (Å²) in [5.41, 5.74) is 6.01. The lowest BCUT2D eigenvalue weighted by molar-refractivity contribution is 0.121. The van der Waals surface area contributed by atoms with Crippen molar-refractivity contribution >= 4 is 0 Å². The lowest BCUT2D eigenvalue weighted by atomic mass is 9.87. The zero-order valence-corrected chi connectivity index (χ0v) is 10.5. The van der Waals surface area contributed by atoms with Gasteiger partial charge in [-0.25, -0.2) is 0 Å². The zero-order valence-electron chi connectivity index (χ0n) is 10.5. The van der Waals surface area contributed by atoms with E-state index in [2.05, 4.69) is 25.3 Å². The molecule has 3 nitrogen and oxygen atoms in total. The van der Waals surface area contributed by atoms with Crippen molar-refractivity contribution < 1.29 is 4.74 Å². The monoisotopic (exact) mass is 214 g/mol. The van der Waals surface area contributed by atoms with Crippen LogP contribution in [-0.2, 0) is 4.74 Å². The predicted octanol–water partition coefficient (Wildman–Crippen LogP) is 1.50. The Balaban J connectivity index is 4.17. The highest BCUT2D eigenvalue weighted by Gasteiger charge is 2.22. The predicted molar refractivity (Wildman–Crippen MR) is 66.0 cm³/mol. The number of nitrogens with zero attached hydrogens (tertiary/aromatic N) is 1. The van der Waals surface area contributed by atoms with Crippen molar-refractivity contribution in [2.45, 2.75) is 20.3 Å². The molecule has 0 aromatic carbocycles. The molecule has 90 valence electrons. The van der Waals surface area contributed by atoms with Crippen LogP contribution < -0.4 is 5.73 Å². The van der Waals surface area contributed by atoms with Gasteiger partial charge >= 0.3 is 0 Å². The average Bonchev–Trinajstić information content (AvgIpc) is 2.26. The van der Waals surface area contributed by atoms with E-state index < -0.39 is 0 Å². The number of hydrogen-bond donors (Lipinski definition) is 1. The minimum atomic E-state index is 0.205. The van der Waals surface area contributed by atoms with E-state index in [4.69, 9.17) is 10.5 Å². The van der Waals surface area contributed by atoms with E-state index in [1.807, 2.05) is 6.08 Å². The summed E-state index contributed by atoms with van der Waals surface area (Å²) >= 11 is 0. The van der Waals surface area contributed by atoms with Crippen LogP contribution in [0.4, 0.5) is 0 Å². The van der Waals surface area contributed by atoms with Crippen molar-refractivity contribution in [1.82, 2.24) is 4.90 Å². The lowest BCUT2D eigenvalue weighted by Gasteiger charge is -2.33. The molecule has 0 aliphatic heterocycles. The SMILES string of the molecule is C=CCN(CCOC)CC(C)(CC)CN. The molecule has 0 aliphatic carbocycles. The van der Waals surface area contributed by atoms with E-state index in [0.29, 0.717) is 0 Å². The van der Waals surface area contributed by atoms with Gasteiger partial charge in [0, 0.05) is 26.7 Å². The molecular formula is C12H26N2O. The van der Waals surface area contributed by atoms with Gasteiger partial charge in [0.25, 0.3) is 0 Å². The highest BCUT2D eigenvalue weighted by Crippen LogP contribution is 2.20. The summed E-state index contributed by atoms with van der Waals surface area (Å²) in [6.45, 7) is 12.5. The molecule has 1 unspecified atom stereocenters. The summed E-state index contributed by atoms with van der Waals surface area (Å²) in [4.78, 5) is 2.34. The van der Waals surface area contributed by atoms with Crippen LogP contribution in [-0.4, -0.2) is 44.8 Å². The van der Waals surface area contributed by atoms with Gasteiger partial charge in [-0.15, -0.1) is 6.58 Å². The molecule has 0 saturated carbocycles. The van der Waals surface area contributed by atoms with E-state index >= 15 is 0 Å². The Kier molecular flexibility index (Phi) is 7.65. The van der Waals surface area contributed by atoms with Gasteiger partial charge in [-0.2, -0.15) is 0 Å². The number of hydrogen-bond acceptors (Lipinski definition) is 3. The van der Waals surface area contributed by atoms with Gasteiger partial charge in [0.2, 0.25) is 0 Å². The molecule has 15 heavy (non-hydrogen) atoms. The first-order chi connectivity index (χ1) is 7.11. The number of nitrogens with two attached hydrogens (primary N) is 1. The van der Waals surface area contributed by atoms with Crippen LogP contribution in [0.3, 0.4) is 0 Å². The molecule has 0 rings (SSSR count). The zero-order chi connectivity index (χ0) is 11.7. The summed E-state index contributed by atoms with van der Waals surface area (Å²) in [5, 5.41) is 0. The summed E-state index contributed by atoms with van der Waals surface area (Å²) < 4.78 is 5.09. The number of rotatable bonds is 9. The third-order valence-corrected chi connectivity index (χ3v) is 2.95. The van der Waals surface area contributed by atoms with Gasteiger partial charge < -0.3 is 10.5 Å². The molecule has 1 atom stereocenters. The maximum atomic E-state index is 5.81. The fourth-order valence-corrected chi connectivity index (χ4v) is 1.50. The topological polar surface area (TPSA) is 38.5 Å². The van der Waals surface area contributed by atoms with Gasteiger partial charge in [0.05, 0.1) is 6.61 Å². The van der Waals surface area contributed by atoms with Crippen molar-refractivity contribution in [2.75, 3.05) is 39.9 Å². The molecule has 0 amide bonds. The first kappa shape index (κ1) is 14.6. The molecule has 0 spiro atoms. The van der Waals surface area contributed by atoms with Crippen molar-refractivity contribution in [1.29, 1.82) is 0 Å². The highest BCUT2D eigenvalue weighted by molar-refractivity contribution is 4.81. The van der Waals surface area contributed by atoms with E-state index in [9.17, 15) is 0 Å². The van der Waals surface area contributed by atoms with E-state index in [-0.39, 0.29) is 5.41 Å². The second kappa shape index (κ2) is 7.85. The van der Waals surface area contributed by atoms with Gasteiger partial charge in [-0.05, 0) is 18.4 Å². The molecule has 0 radical (unpaired) electrons. The van der Waals surface area contributed by atoms with Crippen molar-refractivity contribution in [3.8, 4) is 0 Å². The summed E-state index contributed by atoms with van der Waals surface area (Å²) in [6, 6.07) is 0. The van der Waals surface area contributed by atoms with Crippen LogP contribution in [0.1, 0.15) is 20.3 Å². The molecule has 0 bridgehead atoms. The first-order valence-electron chi connectivity index (χ1n) is 5.64. The summed E-state index contributed by atoms with van der Waals surface area (Å²) in [7, 11) is 1.73. The summed E-state index contributed by atoms with van der Waals surface area (Å²) in [5.74, 6) is 0. The fraction of sp³-hybridized carbons (Fsp3) is 0.833. The minimum absolute atomic E-state index is 0.205. The van der Waals surface area contributed by atoms with Gasteiger partial charge in [-0.3, -0.25) is 4.90 Å². The third-order valence-electron chi connectivity index (χ3n) is 2.95. The smallest absolute Gasteiger partial charge is 0.0589 e. The molecular weight excluding hydrogens is 188 g/mol. The van der Waals surface area contributed by atoms with Gasteiger partial charge in [0.15, 0.2) is 0 Å². The maximum absolute atomic E-state index is 5.81. The van der Waals surface area contributed by atoms with Gasteiger partial charge in [-0.1, -0.05) is 19.9 Å². The van der Waals surface area contributed by atoms with Crippen molar-refractivity contribution in [2.24, 2.45) is 11.1 Å². The van der Waals surface area contributed by atoms with Crippen molar-refractivity contribution in [3.63, 3.8) is 0 Å². The van der Waals surface area contributed by atoms with Crippen LogP contribution in [0.2, 0.25) is 0 Å². The van der Waals surface area contributed by atoms with Crippen LogP contribution in [0.5, 0.6) is 0 Å². The van der Waals surface area contributed by atoms with Crippen molar-refractivity contribution in [3.05, 3.63) is 12.7 Å². The molecule has 0 aromatic rings. The van der Waals surface area contributed by atoms with Gasteiger partial charge in [0.1, 0.15) is 0 Å². The Morgan fingerprint density at radius 1 is 1.53 bits per heavy atom. The standard InChI is InChI=1S/C12H26N2O/c1-5-7-14(8-9-15-4)11-12(3,6-2)10-13/h5H,1,6-11,13H2,2-4H3. The molecule has 3 heteroatoms. The first-order valence-corrected chi connectivity index (χ1v) is 5.64. The van der Waals surface area contributed by atoms with E-state index in [1.54, 1.807) is 7.11 Å². The second-order valence-corrected chi connectivity index (χ2v) is 4.38. The number of ether oxygens (including phenoxy) is 1. The minimum Gasteiger partial charge on any atom is -0.383 e. The molecule has 2 N–H and O–H groups in total. The van der Waals surface area contributed by atoms with Crippen LogP contribution in [0.25, 0.3) is 0 Å². The molecule has 0 aromatic heterocycles. The molecule has 0 fully saturated rings. The Bertz CT molecular complexity index is 167. The molecule has 0 aliphatic rings. The van der Waals surface area contributed by atoms with Crippen LogP contribution in [0.15, 0.2) is 12.7 Å². The van der Waals surface area contributed by atoms with Crippen LogP contribution in [0, 0.1) is 5.41 Å². The maximum Gasteiger partial charge on any atom is 0.0589 e. The number of methoxy groups -OCH3 is 1. The third kappa shape index (κ3) is 5.92. The highest BCUT2D eigenvalue weighted by atomic mass is 16.5. The lowest BCUT2D eigenvalue weighted by Crippen LogP contribution is -2.41. The van der Waals surface area contributed by atoms with E-state index in [1.165, 1.54) is 0 Å². The fourth-order valence-electron chi connectivity index (χ4n) is 1.50. The quantitative estimate of drug-likeness (QED) is 0.591. The Morgan fingerprint density at radius 2 is 2.20 bits per heavy atom. The van der Waals surface area contributed by atoms with Crippen LogP contribution >= 0.6 is 0 Å².